The van der Waals surface area contributed by atoms with E-state index in [2.05, 4.69) is 0 Å². The smallest absolute Gasteiger partial charge is 0.305 e. The zero-order valence-corrected chi connectivity index (χ0v) is 14.3. The minimum Gasteiger partial charge on any atom is -0.465 e. The molecule has 1 atom stereocenters. The normalized spacial score (nSPS) is 13.2. The predicted octanol–water partition coefficient (Wildman–Crippen LogP) is 3.94. The maximum atomic E-state index is 11.8. The molecule has 1 unspecified atom stereocenters. The lowest BCUT2D eigenvalue weighted by molar-refractivity contribution is -0.145. The fourth-order valence-electron chi connectivity index (χ4n) is 2.55. The Hall–Kier alpha value is -2.13. The van der Waals surface area contributed by atoms with E-state index >= 15 is 0 Å². The third-order valence-electron chi connectivity index (χ3n) is 4.16. The van der Waals surface area contributed by atoms with Crippen LogP contribution in [0, 0.1) is 0 Å². The lowest BCUT2D eigenvalue weighted by atomic mass is 9.92. The van der Waals surface area contributed by atoms with Gasteiger partial charge < -0.3 is 9.84 Å². The largest absolute Gasteiger partial charge is 0.465 e. The molecule has 3 nitrogen and oxygen atoms in total. The molecule has 2 aromatic carbocycles. The Labute approximate surface area is 144 Å². The quantitative estimate of drug-likeness (QED) is 0.710. The van der Waals surface area contributed by atoms with Gasteiger partial charge in [0.05, 0.1) is 12.2 Å². The molecule has 0 spiro atoms. The van der Waals surface area contributed by atoms with E-state index in [4.69, 9.17) is 4.74 Å². The second-order valence-corrected chi connectivity index (χ2v) is 6.44. The number of aliphatic hydroxyl groups is 1. The molecule has 0 aliphatic carbocycles. The number of hydrogen-bond acceptors (Lipinski definition) is 3. The second-order valence-electron chi connectivity index (χ2n) is 6.44. The van der Waals surface area contributed by atoms with Gasteiger partial charge in [-0.3, -0.25) is 4.79 Å². The van der Waals surface area contributed by atoms with Crippen LogP contribution in [0.1, 0.15) is 37.3 Å². The Morgan fingerprint density at radius 3 is 2.04 bits per heavy atom. The van der Waals surface area contributed by atoms with Gasteiger partial charge in [0.15, 0.2) is 0 Å². The Bertz CT molecular complexity index is 605. The van der Waals surface area contributed by atoms with E-state index in [0.29, 0.717) is 19.4 Å². The average molecular weight is 326 g/mol. The monoisotopic (exact) mass is 326 g/mol. The van der Waals surface area contributed by atoms with Gasteiger partial charge in [0.25, 0.3) is 0 Å². The van der Waals surface area contributed by atoms with Crippen LogP contribution in [0.2, 0.25) is 0 Å². The van der Waals surface area contributed by atoms with E-state index in [0.717, 1.165) is 18.4 Å². The van der Waals surface area contributed by atoms with Crippen LogP contribution in [0.15, 0.2) is 60.7 Å². The highest BCUT2D eigenvalue weighted by molar-refractivity contribution is 5.69. The molecule has 0 aliphatic rings. The molecular formula is C21H26O3. The summed E-state index contributed by atoms with van der Waals surface area (Å²) in [5.41, 5.74) is 1.50. The molecule has 0 saturated heterocycles. The van der Waals surface area contributed by atoms with Gasteiger partial charge >= 0.3 is 5.97 Å². The summed E-state index contributed by atoms with van der Waals surface area (Å²) in [6.45, 7) is 2.17. The highest BCUT2D eigenvalue weighted by Gasteiger charge is 2.21. The SMILES string of the molecule is CC(O)(CCC(=O)OCCc1ccccc1)CCc1ccccc1. The molecule has 0 heterocycles. The number of rotatable bonds is 9. The number of carbonyl (C=O) groups excluding carboxylic acids is 1. The fourth-order valence-corrected chi connectivity index (χ4v) is 2.55. The Balaban J connectivity index is 1.64. The minimum atomic E-state index is -0.853. The van der Waals surface area contributed by atoms with Crippen molar-refractivity contribution in [2.24, 2.45) is 0 Å². The van der Waals surface area contributed by atoms with Gasteiger partial charge in [-0.15, -0.1) is 0 Å². The van der Waals surface area contributed by atoms with E-state index in [1.54, 1.807) is 6.92 Å². The van der Waals surface area contributed by atoms with Crippen LogP contribution in [0.3, 0.4) is 0 Å². The summed E-state index contributed by atoms with van der Waals surface area (Å²) in [6.07, 6.45) is 2.82. The van der Waals surface area contributed by atoms with Crippen molar-refractivity contribution in [3.8, 4) is 0 Å². The van der Waals surface area contributed by atoms with Crippen LogP contribution < -0.4 is 0 Å². The fraction of sp³-hybridized carbons (Fsp3) is 0.381. The lowest BCUT2D eigenvalue weighted by Crippen LogP contribution is -2.26. The molecule has 2 aromatic rings. The first-order chi connectivity index (χ1) is 11.6. The second kappa shape index (κ2) is 9.24. The molecule has 1 N–H and O–H groups in total. The van der Waals surface area contributed by atoms with Gasteiger partial charge in [-0.25, -0.2) is 0 Å². The summed E-state index contributed by atoms with van der Waals surface area (Å²) in [7, 11) is 0. The van der Waals surface area contributed by atoms with Crippen molar-refractivity contribution in [1.29, 1.82) is 0 Å². The molecule has 2 rings (SSSR count). The predicted molar refractivity (Wildman–Crippen MR) is 95.7 cm³/mol. The molecule has 24 heavy (non-hydrogen) atoms. The van der Waals surface area contributed by atoms with Crippen molar-refractivity contribution in [2.75, 3.05) is 6.61 Å². The molecule has 0 bridgehead atoms. The van der Waals surface area contributed by atoms with Crippen molar-refractivity contribution >= 4 is 5.97 Å². The third-order valence-corrected chi connectivity index (χ3v) is 4.16. The number of carbonyl (C=O) groups is 1. The van der Waals surface area contributed by atoms with E-state index in [9.17, 15) is 9.90 Å². The first kappa shape index (κ1) is 18.2. The molecule has 0 aliphatic heterocycles. The number of esters is 1. The molecule has 0 amide bonds. The molecular weight excluding hydrogens is 300 g/mol. The lowest BCUT2D eigenvalue weighted by Gasteiger charge is -2.22. The molecule has 0 fully saturated rings. The Kier molecular flexibility index (Phi) is 7.01. The summed E-state index contributed by atoms with van der Waals surface area (Å²) < 4.78 is 5.25. The highest BCUT2D eigenvalue weighted by Crippen LogP contribution is 2.20. The van der Waals surface area contributed by atoms with E-state index < -0.39 is 5.60 Å². The number of aryl methyl sites for hydroxylation is 1. The first-order valence-electron chi connectivity index (χ1n) is 8.51. The molecule has 3 heteroatoms. The van der Waals surface area contributed by atoms with Gasteiger partial charge in [0, 0.05) is 12.8 Å². The molecule has 128 valence electrons. The van der Waals surface area contributed by atoms with Crippen molar-refractivity contribution in [1.82, 2.24) is 0 Å². The van der Waals surface area contributed by atoms with Crippen molar-refractivity contribution < 1.29 is 14.6 Å². The summed E-state index contributed by atoms with van der Waals surface area (Å²) in [5, 5.41) is 10.4. The van der Waals surface area contributed by atoms with Crippen molar-refractivity contribution in [3.05, 3.63) is 71.8 Å². The zero-order chi connectivity index (χ0) is 17.3. The maximum absolute atomic E-state index is 11.8. The summed E-state index contributed by atoms with van der Waals surface area (Å²) in [6, 6.07) is 20.0. The van der Waals surface area contributed by atoms with Crippen LogP contribution in [0.4, 0.5) is 0 Å². The molecule has 0 aromatic heterocycles. The van der Waals surface area contributed by atoms with Crippen molar-refractivity contribution in [2.45, 2.75) is 44.6 Å². The zero-order valence-electron chi connectivity index (χ0n) is 14.3. The van der Waals surface area contributed by atoms with Gasteiger partial charge in [-0.2, -0.15) is 0 Å². The van der Waals surface area contributed by atoms with Gasteiger partial charge in [0.2, 0.25) is 0 Å². The van der Waals surface area contributed by atoms with Gasteiger partial charge in [0.1, 0.15) is 0 Å². The van der Waals surface area contributed by atoms with Crippen LogP contribution in [0.5, 0.6) is 0 Å². The summed E-state index contributed by atoms with van der Waals surface area (Å²) in [4.78, 5) is 11.8. The van der Waals surface area contributed by atoms with Gasteiger partial charge in [-0.05, 0) is 37.3 Å². The van der Waals surface area contributed by atoms with Crippen molar-refractivity contribution in [3.63, 3.8) is 0 Å². The minimum absolute atomic E-state index is 0.245. The standard InChI is InChI=1S/C21H26O3/c1-21(23,15-12-18-8-4-2-5-9-18)16-13-20(22)24-17-14-19-10-6-3-7-11-19/h2-11,23H,12-17H2,1H3. The maximum Gasteiger partial charge on any atom is 0.305 e. The summed E-state index contributed by atoms with van der Waals surface area (Å²) >= 11 is 0. The number of hydrogen-bond donors (Lipinski definition) is 1. The number of benzene rings is 2. The topological polar surface area (TPSA) is 46.5 Å². The van der Waals surface area contributed by atoms with Crippen LogP contribution in [-0.2, 0) is 22.4 Å². The highest BCUT2D eigenvalue weighted by atomic mass is 16.5. The van der Waals surface area contributed by atoms with E-state index in [1.807, 2.05) is 60.7 Å². The summed E-state index contributed by atoms with van der Waals surface area (Å²) in [5.74, 6) is -0.245. The molecule has 0 saturated carbocycles. The first-order valence-corrected chi connectivity index (χ1v) is 8.51. The average Bonchev–Trinajstić information content (AvgIpc) is 2.60. The molecule has 0 radical (unpaired) electrons. The Morgan fingerprint density at radius 1 is 0.917 bits per heavy atom. The van der Waals surface area contributed by atoms with E-state index in [1.165, 1.54) is 5.56 Å². The van der Waals surface area contributed by atoms with Crippen LogP contribution in [-0.4, -0.2) is 23.3 Å². The van der Waals surface area contributed by atoms with Crippen LogP contribution in [0.25, 0.3) is 0 Å². The van der Waals surface area contributed by atoms with Gasteiger partial charge in [-0.1, -0.05) is 60.7 Å². The van der Waals surface area contributed by atoms with E-state index in [-0.39, 0.29) is 12.4 Å². The third kappa shape index (κ3) is 6.97. The Morgan fingerprint density at radius 2 is 1.46 bits per heavy atom. The van der Waals surface area contributed by atoms with Crippen LogP contribution >= 0.6 is 0 Å². The number of ether oxygens (including phenoxy) is 1.